The Morgan fingerprint density at radius 3 is 2.50 bits per heavy atom. The van der Waals surface area contributed by atoms with Crippen LogP contribution in [0.25, 0.3) is 16.7 Å². The van der Waals surface area contributed by atoms with Crippen molar-refractivity contribution < 1.29 is 14.3 Å². The van der Waals surface area contributed by atoms with Crippen LogP contribution in [-0.4, -0.2) is 79.7 Å². The van der Waals surface area contributed by atoms with Gasteiger partial charge in [-0.25, -0.2) is 0 Å². The number of aryl methyl sites for hydroxylation is 1. The minimum atomic E-state index is -3.02. The number of hydrogen-bond acceptors (Lipinski definition) is 6. The van der Waals surface area contributed by atoms with Crippen molar-refractivity contribution in [1.82, 2.24) is 24.4 Å². The molecule has 0 aliphatic carbocycles. The van der Waals surface area contributed by atoms with Crippen molar-refractivity contribution in [3.63, 3.8) is 0 Å². The van der Waals surface area contributed by atoms with Gasteiger partial charge in [0.15, 0.2) is 0 Å². The molecule has 1 atom stereocenters. The Bertz CT molecular complexity index is 1400. The zero-order valence-electron chi connectivity index (χ0n) is 21.8. The van der Waals surface area contributed by atoms with Crippen molar-refractivity contribution in [3.8, 4) is 5.69 Å². The third-order valence-corrected chi connectivity index (χ3v) is 11.7. The molecule has 1 saturated heterocycles. The number of nitrogens with zero attached hydrogens (tertiary/aromatic N) is 6. The summed E-state index contributed by atoms with van der Waals surface area (Å²) in [7, 11) is 0. The molecule has 36 heavy (non-hydrogen) atoms. The fourth-order valence-corrected chi connectivity index (χ4v) is 8.29. The number of fused-ring (bicyclic) bond motifs is 1. The third-order valence-electron chi connectivity index (χ3n) is 6.61. The Labute approximate surface area is 213 Å². The number of aromatic nitrogens is 4. The van der Waals surface area contributed by atoms with E-state index < -0.39 is 30.2 Å². The molecular formula is C25H33FN6O3Sn. The maximum atomic E-state index is 15.5. The van der Waals surface area contributed by atoms with Crippen LogP contribution < -0.4 is 14.3 Å². The number of halogens is 1. The van der Waals surface area contributed by atoms with E-state index >= 15 is 4.39 Å². The first kappa shape index (κ1) is 26.3. The van der Waals surface area contributed by atoms with Crippen molar-refractivity contribution in [2.45, 2.75) is 54.5 Å². The zero-order valence-corrected chi connectivity index (χ0v) is 24.7. The van der Waals surface area contributed by atoms with E-state index in [1.807, 2.05) is 38.7 Å². The first-order chi connectivity index (χ1) is 16.8. The van der Waals surface area contributed by atoms with Crippen LogP contribution in [0.5, 0.6) is 0 Å². The van der Waals surface area contributed by atoms with Gasteiger partial charge in [0.05, 0.1) is 0 Å². The second-order valence-corrected chi connectivity index (χ2v) is 25.0. The van der Waals surface area contributed by atoms with E-state index in [1.165, 1.54) is 15.5 Å². The molecule has 3 aromatic heterocycles. The quantitative estimate of drug-likeness (QED) is 0.456. The number of anilines is 1. The first-order valence-electron chi connectivity index (χ1n) is 12.2. The number of rotatable bonds is 4. The summed E-state index contributed by atoms with van der Waals surface area (Å²) in [5.41, 5.74) is 2.06. The Morgan fingerprint density at radius 1 is 1.22 bits per heavy atom. The van der Waals surface area contributed by atoms with Gasteiger partial charge in [0.2, 0.25) is 0 Å². The average molecular weight is 603 g/mol. The molecule has 4 heterocycles. The van der Waals surface area contributed by atoms with E-state index in [-0.39, 0.29) is 30.9 Å². The molecule has 3 aromatic rings. The molecule has 9 nitrogen and oxygen atoms in total. The van der Waals surface area contributed by atoms with Crippen molar-refractivity contribution >= 4 is 45.0 Å². The standard InChI is InChI=1S/C22H24FN6O3.3CH3.Sn/c1-12(2)17-18(13(3)5-6-24-17)29-19-16(9-15(23)10-25-19)20(26-21(29)30)28-8-7-27(22(31)32)11-14(28)4;;;;/h5-6,9,12,14H,7-8,11H2,1-4H3,(H,31,32);3*1H3;/t14-;;;;/m0..../s1. The van der Waals surface area contributed by atoms with E-state index in [4.69, 9.17) is 4.98 Å². The van der Waals surface area contributed by atoms with Crippen LogP contribution >= 0.6 is 0 Å². The second kappa shape index (κ2) is 9.60. The molecule has 1 N–H and O–H groups in total. The number of amides is 1. The maximum absolute atomic E-state index is 15.5. The molecule has 0 bridgehead atoms. The Balaban J connectivity index is 2.06. The van der Waals surface area contributed by atoms with Gasteiger partial charge in [-0.3, -0.25) is 0 Å². The summed E-state index contributed by atoms with van der Waals surface area (Å²) < 4.78 is 17.4. The Kier molecular flexibility index (Phi) is 7.02. The van der Waals surface area contributed by atoms with Crippen LogP contribution in [0.3, 0.4) is 0 Å². The summed E-state index contributed by atoms with van der Waals surface area (Å²) in [5.74, 6) is -0.0197. The van der Waals surface area contributed by atoms with Gasteiger partial charge in [0.1, 0.15) is 0 Å². The van der Waals surface area contributed by atoms with Gasteiger partial charge < -0.3 is 0 Å². The summed E-state index contributed by atoms with van der Waals surface area (Å²) in [6.45, 7) is 8.66. The van der Waals surface area contributed by atoms with Gasteiger partial charge in [0, 0.05) is 0 Å². The van der Waals surface area contributed by atoms with Gasteiger partial charge in [-0.05, 0) is 0 Å². The number of hydrogen-bond donors (Lipinski definition) is 1. The summed E-state index contributed by atoms with van der Waals surface area (Å²) >= 11 is -3.02. The molecular weight excluding hydrogens is 570 g/mol. The Hall–Kier alpha value is -2.76. The predicted octanol–water partition coefficient (Wildman–Crippen LogP) is 3.48. The zero-order chi connectivity index (χ0) is 26.5. The van der Waals surface area contributed by atoms with Crippen molar-refractivity contribution in [3.05, 3.63) is 45.9 Å². The van der Waals surface area contributed by atoms with Gasteiger partial charge in [-0.1, -0.05) is 0 Å². The van der Waals surface area contributed by atoms with Crippen LogP contribution in [0.4, 0.5) is 15.0 Å². The van der Waals surface area contributed by atoms with Crippen molar-refractivity contribution in [1.29, 1.82) is 0 Å². The van der Waals surface area contributed by atoms with Crippen LogP contribution in [0, 0.1) is 12.7 Å². The second-order valence-electron chi connectivity index (χ2n) is 10.8. The van der Waals surface area contributed by atoms with Crippen LogP contribution in [0.15, 0.2) is 23.1 Å². The molecule has 1 aliphatic heterocycles. The number of carbonyl (C=O) groups is 1. The molecule has 0 unspecified atom stereocenters. The monoisotopic (exact) mass is 604 g/mol. The van der Waals surface area contributed by atoms with Gasteiger partial charge in [0.25, 0.3) is 0 Å². The van der Waals surface area contributed by atoms with Crippen molar-refractivity contribution in [2.75, 3.05) is 24.5 Å². The van der Waals surface area contributed by atoms with Crippen LogP contribution in [-0.2, 0) is 0 Å². The minimum absolute atomic E-state index is 0.0346. The molecule has 192 valence electrons. The summed E-state index contributed by atoms with van der Waals surface area (Å²) in [6, 6.07) is 3.04. The molecule has 1 fully saturated rings. The molecule has 1 amide bonds. The number of pyridine rings is 2. The molecule has 1 aliphatic rings. The van der Waals surface area contributed by atoms with Gasteiger partial charge >= 0.3 is 214 Å². The molecule has 0 spiro atoms. The molecule has 11 heteroatoms. The van der Waals surface area contributed by atoms with Crippen molar-refractivity contribution in [2.24, 2.45) is 0 Å². The summed E-state index contributed by atoms with van der Waals surface area (Å²) in [6.07, 6.45) is 0.731. The Morgan fingerprint density at radius 2 is 1.92 bits per heavy atom. The van der Waals surface area contributed by atoms with E-state index in [0.29, 0.717) is 32.8 Å². The first-order valence-corrected chi connectivity index (χ1v) is 22.1. The average Bonchev–Trinajstić information content (AvgIpc) is 2.78. The fourth-order valence-electron chi connectivity index (χ4n) is 4.78. The molecule has 4 rings (SSSR count). The summed E-state index contributed by atoms with van der Waals surface area (Å²) in [4.78, 5) is 48.5. The van der Waals surface area contributed by atoms with Gasteiger partial charge in [-0.15, -0.1) is 0 Å². The van der Waals surface area contributed by atoms with Crippen LogP contribution in [0.1, 0.15) is 37.9 Å². The number of piperazine rings is 1. The van der Waals surface area contributed by atoms with Crippen LogP contribution in [0.2, 0.25) is 14.8 Å². The normalized spacial score (nSPS) is 16.8. The molecule has 0 radical (unpaired) electrons. The predicted molar refractivity (Wildman–Crippen MR) is 141 cm³/mol. The summed E-state index contributed by atoms with van der Waals surface area (Å²) in [5, 5.41) is 9.84. The van der Waals surface area contributed by atoms with E-state index in [1.54, 1.807) is 6.20 Å². The van der Waals surface area contributed by atoms with Gasteiger partial charge in [-0.2, -0.15) is 0 Å². The molecule has 0 aromatic carbocycles. The fraction of sp³-hybridized carbons (Fsp3) is 0.480. The number of carboxylic acid groups (broad SMARTS) is 1. The van der Waals surface area contributed by atoms with E-state index in [2.05, 4.69) is 24.8 Å². The molecule has 0 saturated carbocycles. The van der Waals surface area contributed by atoms with E-state index in [9.17, 15) is 14.7 Å². The SMILES string of the molecule is Cc1ccnc(C(C)C)c1-n1c(=O)nc(N2CCN(C(=O)O)C[C@@H]2C)c2cc(F)[c]([Sn]([CH3])([CH3])[CH3])nc21. The topological polar surface area (TPSA) is 104 Å². The van der Waals surface area contributed by atoms with E-state index in [0.717, 1.165) is 11.3 Å². The third kappa shape index (κ3) is 4.67.